The van der Waals surface area contributed by atoms with E-state index in [-0.39, 0.29) is 30.1 Å². The van der Waals surface area contributed by atoms with Gasteiger partial charge in [-0.1, -0.05) is 12.1 Å². The zero-order chi connectivity index (χ0) is 24.0. The quantitative estimate of drug-likeness (QED) is 0.101. The molecule has 2 unspecified atom stereocenters. The van der Waals surface area contributed by atoms with Crippen molar-refractivity contribution in [2.24, 2.45) is 27.9 Å². The van der Waals surface area contributed by atoms with Crippen LogP contribution in [0.15, 0.2) is 9.52 Å². The highest BCUT2D eigenvalue weighted by Gasteiger charge is 2.25. The molecule has 0 aliphatic heterocycles. The number of primary amides is 1. The summed E-state index contributed by atoms with van der Waals surface area (Å²) in [5, 5.41) is 26.4. The lowest BCUT2D eigenvalue weighted by molar-refractivity contribution is -0.141. The van der Waals surface area contributed by atoms with E-state index in [1.165, 1.54) is 6.92 Å². The van der Waals surface area contributed by atoms with Gasteiger partial charge in [0.25, 0.3) is 0 Å². The molecule has 3 amide bonds. The Labute approximate surface area is 178 Å². The van der Waals surface area contributed by atoms with Gasteiger partial charge >= 0.3 is 12.0 Å². The number of carboxylic acid groups (broad SMARTS) is 1. The minimum Gasteiger partial charge on any atom is -0.480 e. The first-order valence-corrected chi connectivity index (χ1v) is 9.34. The summed E-state index contributed by atoms with van der Waals surface area (Å²) in [5.74, 6) is -1.24. The summed E-state index contributed by atoms with van der Waals surface area (Å²) in [6, 6.07) is -2.73. The number of urea groups is 1. The number of aliphatic hydroxyl groups excluding tert-OH is 1. The van der Waals surface area contributed by atoms with E-state index >= 15 is 0 Å². The van der Waals surface area contributed by atoms with Crippen molar-refractivity contribution in [3.63, 3.8) is 0 Å². The van der Waals surface area contributed by atoms with Crippen LogP contribution in [0.25, 0.3) is 0 Å². The number of nitrogens with one attached hydrogen (secondary N) is 2. The third kappa shape index (κ3) is 12.7. The molecular formula is C16H31N9O6. The van der Waals surface area contributed by atoms with E-state index in [0.29, 0.717) is 25.8 Å². The van der Waals surface area contributed by atoms with E-state index in [0.717, 1.165) is 0 Å². The van der Waals surface area contributed by atoms with Crippen LogP contribution in [0.3, 0.4) is 0 Å². The summed E-state index contributed by atoms with van der Waals surface area (Å²) in [4.78, 5) is 40.0. The molecule has 0 radical (unpaired) electrons. The second-order valence-electron chi connectivity index (χ2n) is 6.31. The van der Waals surface area contributed by atoms with Gasteiger partial charge < -0.3 is 48.3 Å². The molecule has 1 rings (SSSR count). The van der Waals surface area contributed by atoms with Gasteiger partial charge in [-0.25, -0.2) is 9.59 Å². The average molecular weight is 445 g/mol. The van der Waals surface area contributed by atoms with Crippen molar-refractivity contribution < 1.29 is 29.1 Å². The fourth-order valence-corrected chi connectivity index (χ4v) is 1.88. The van der Waals surface area contributed by atoms with Crippen LogP contribution in [0.2, 0.25) is 0 Å². The fourth-order valence-electron chi connectivity index (χ4n) is 1.88. The Bertz CT molecular complexity index is 733. The Morgan fingerprint density at radius 1 is 1.26 bits per heavy atom. The molecule has 1 aromatic heterocycles. The first-order chi connectivity index (χ1) is 14.5. The Balaban J connectivity index is 0.00000161. The predicted molar refractivity (Wildman–Crippen MR) is 109 cm³/mol. The predicted octanol–water partition coefficient (Wildman–Crippen LogP) is -2.36. The zero-order valence-electron chi connectivity index (χ0n) is 17.4. The normalized spacial score (nSPS) is 13.0. The molecule has 31 heavy (non-hydrogen) atoms. The Hall–Kier alpha value is -3.46. The summed E-state index contributed by atoms with van der Waals surface area (Å²) < 4.78 is 4.96. The fraction of sp³-hybridized carbons (Fsp3) is 0.625. The van der Waals surface area contributed by atoms with Crippen LogP contribution in [-0.4, -0.2) is 62.9 Å². The topological polar surface area (TPSA) is 271 Å². The van der Waals surface area contributed by atoms with Gasteiger partial charge in [-0.3, -0.25) is 9.79 Å². The number of rotatable bonds is 11. The number of hydrogen-bond donors (Lipinski definition) is 8. The van der Waals surface area contributed by atoms with Gasteiger partial charge in [0.15, 0.2) is 17.8 Å². The molecule has 3 atom stereocenters. The largest absolute Gasteiger partial charge is 0.480 e. The smallest absolute Gasteiger partial charge is 0.328 e. The van der Waals surface area contributed by atoms with Crippen LogP contribution in [0.1, 0.15) is 50.9 Å². The van der Waals surface area contributed by atoms with E-state index in [4.69, 9.17) is 26.8 Å². The molecule has 176 valence electrons. The van der Waals surface area contributed by atoms with Crippen LogP contribution >= 0.6 is 0 Å². The number of carbonyl (C=O) groups is 3. The Kier molecular flexibility index (Phi) is 12.9. The van der Waals surface area contributed by atoms with Crippen LogP contribution in [0, 0.1) is 0 Å². The van der Waals surface area contributed by atoms with E-state index in [2.05, 4.69) is 31.5 Å². The van der Waals surface area contributed by atoms with Crippen molar-refractivity contribution in [2.45, 2.75) is 57.8 Å². The maximum atomic E-state index is 11.7. The molecule has 15 nitrogen and oxygen atoms in total. The van der Waals surface area contributed by atoms with Crippen molar-refractivity contribution in [1.29, 1.82) is 0 Å². The summed E-state index contributed by atoms with van der Waals surface area (Å²) in [6.07, 6.45) is 0.336. The Morgan fingerprint density at radius 3 is 2.35 bits per heavy atom. The molecule has 0 saturated heterocycles. The summed E-state index contributed by atoms with van der Waals surface area (Å²) >= 11 is 0. The number of nitrogens with two attached hydrogens (primary N) is 4. The number of aliphatic carboxylic acids is 1. The first-order valence-electron chi connectivity index (χ1n) is 9.34. The minimum atomic E-state index is -1.44. The molecule has 0 aromatic carbocycles. The van der Waals surface area contributed by atoms with Crippen LogP contribution in [0.4, 0.5) is 4.79 Å². The van der Waals surface area contributed by atoms with E-state index in [1.54, 1.807) is 6.92 Å². The number of aliphatic imine (C=N–C) groups is 1. The van der Waals surface area contributed by atoms with Crippen molar-refractivity contribution in [3.8, 4) is 0 Å². The molecule has 0 saturated carbocycles. The summed E-state index contributed by atoms with van der Waals surface area (Å²) in [6.45, 7) is 3.27. The van der Waals surface area contributed by atoms with Crippen molar-refractivity contribution in [3.05, 3.63) is 11.7 Å². The number of carboxylic acids is 1. The Morgan fingerprint density at radius 2 is 1.87 bits per heavy atom. The molecule has 12 N–H and O–H groups in total. The first kappa shape index (κ1) is 27.5. The second-order valence-corrected chi connectivity index (χ2v) is 6.31. The maximum absolute atomic E-state index is 11.7. The number of carbonyl (C=O) groups excluding carboxylic acids is 2. The molecule has 15 heteroatoms. The zero-order valence-corrected chi connectivity index (χ0v) is 17.4. The number of nitrogens with zero attached hydrogens (tertiary/aromatic N) is 3. The molecule has 1 aromatic rings. The minimum absolute atomic E-state index is 0.00509. The van der Waals surface area contributed by atoms with Gasteiger partial charge in [0.2, 0.25) is 11.8 Å². The highest BCUT2D eigenvalue weighted by molar-refractivity contribution is 5.82. The molecule has 1 heterocycles. The van der Waals surface area contributed by atoms with E-state index in [1.807, 2.05) is 0 Å². The van der Waals surface area contributed by atoms with Crippen LogP contribution < -0.4 is 33.6 Å². The lowest BCUT2D eigenvalue weighted by Gasteiger charge is -2.16. The summed E-state index contributed by atoms with van der Waals surface area (Å²) in [7, 11) is 0. The standard InChI is InChI=1S/C13H24N8O5.C3H7NO/c1-6(22)9(11(23)24)20-13(25)18-5-8-19-10(21-26-8)7(14)3-2-4-17-12(15)16;1-2-3(4)5/h6-7,9,22H,2-5,14H2,1H3,(H,23,24)(H4,15,16,17)(H2,18,20,25);2H2,1H3,(H2,4,5)/t6?,7-,9?;/m0./s1. The molecule has 0 aliphatic carbocycles. The van der Waals surface area contributed by atoms with E-state index in [9.17, 15) is 19.5 Å². The number of aliphatic hydroxyl groups is 1. The van der Waals surface area contributed by atoms with Gasteiger partial charge in [0.05, 0.1) is 18.7 Å². The second kappa shape index (κ2) is 14.5. The third-order valence-electron chi connectivity index (χ3n) is 3.57. The van der Waals surface area contributed by atoms with E-state index < -0.39 is 30.2 Å². The highest BCUT2D eigenvalue weighted by atomic mass is 16.5. The van der Waals surface area contributed by atoms with Crippen molar-refractivity contribution >= 4 is 23.9 Å². The van der Waals surface area contributed by atoms with Crippen molar-refractivity contribution in [2.75, 3.05) is 6.54 Å². The number of guanidine groups is 1. The molecule has 0 bridgehead atoms. The lowest BCUT2D eigenvalue weighted by atomic mass is 10.1. The number of amides is 3. The molecule has 0 fully saturated rings. The SMILES string of the molecule is CC(O)C(NC(=O)NCc1nc([C@@H](N)CCCN=C(N)N)no1)C(=O)O.CCC(N)=O. The van der Waals surface area contributed by atoms with Gasteiger partial charge in [-0.15, -0.1) is 0 Å². The molecule has 0 spiro atoms. The number of hydrogen-bond acceptors (Lipinski definition) is 9. The summed E-state index contributed by atoms with van der Waals surface area (Å²) in [5.41, 5.74) is 21.0. The highest BCUT2D eigenvalue weighted by Crippen LogP contribution is 2.12. The number of aromatic nitrogens is 2. The lowest BCUT2D eigenvalue weighted by Crippen LogP contribution is -2.51. The monoisotopic (exact) mass is 445 g/mol. The molecule has 0 aliphatic rings. The van der Waals surface area contributed by atoms with Gasteiger partial charge in [-0.2, -0.15) is 4.98 Å². The third-order valence-corrected chi connectivity index (χ3v) is 3.57. The maximum Gasteiger partial charge on any atom is 0.328 e. The molecular weight excluding hydrogens is 414 g/mol. The van der Waals surface area contributed by atoms with Crippen LogP contribution in [0.5, 0.6) is 0 Å². The average Bonchev–Trinajstić information content (AvgIpc) is 3.16. The van der Waals surface area contributed by atoms with Gasteiger partial charge in [0.1, 0.15) is 0 Å². The van der Waals surface area contributed by atoms with Crippen molar-refractivity contribution in [1.82, 2.24) is 20.8 Å². The van der Waals surface area contributed by atoms with Crippen LogP contribution in [-0.2, 0) is 16.1 Å². The van der Waals surface area contributed by atoms with Gasteiger partial charge in [0, 0.05) is 13.0 Å². The van der Waals surface area contributed by atoms with Gasteiger partial charge in [-0.05, 0) is 19.8 Å².